The maximum Gasteiger partial charge on any atom is 0.202 e. The number of halogens is 1. The van der Waals surface area contributed by atoms with Gasteiger partial charge in [0.1, 0.15) is 0 Å². The van der Waals surface area contributed by atoms with Gasteiger partial charge in [0.25, 0.3) is 0 Å². The lowest BCUT2D eigenvalue weighted by molar-refractivity contribution is 0.0895. The van der Waals surface area contributed by atoms with Gasteiger partial charge < -0.3 is 4.42 Å². The molecule has 0 unspecified atom stereocenters. The number of ketones is 1. The van der Waals surface area contributed by atoms with Crippen molar-refractivity contribution in [1.82, 2.24) is 0 Å². The van der Waals surface area contributed by atoms with Crippen LogP contribution in [0.25, 0.3) is 0 Å². The van der Waals surface area contributed by atoms with Crippen molar-refractivity contribution >= 4 is 21.7 Å². The fourth-order valence-corrected chi connectivity index (χ4v) is 2.80. The van der Waals surface area contributed by atoms with Crippen LogP contribution in [0.2, 0.25) is 0 Å². The summed E-state index contributed by atoms with van der Waals surface area (Å²) in [6.45, 7) is 0. The summed E-state index contributed by atoms with van der Waals surface area (Å²) in [4.78, 5) is 12.3. The Morgan fingerprint density at radius 2 is 1.82 bits per heavy atom. The summed E-state index contributed by atoms with van der Waals surface area (Å²) in [6, 6.07) is 10.00. The largest absolute Gasteiger partial charge is 0.460 e. The molecule has 0 spiro atoms. The highest BCUT2D eigenvalue weighted by molar-refractivity contribution is 9.10. The van der Waals surface area contributed by atoms with Crippen LogP contribution in [-0.2, 0) is 12.8 Å². The molecule has 1 heterocycles. The van der Waals surface area contributed by atoms with E-state index in [0.717, 1.165) is 17.3 Å². The Balaban J connectivity index is 1.86. The minimum absolute atomic E-state index is 0.0230. The average Bonchev–Trinajstić information content (AvgIpc) is 2.93. The van der Waals surface area contributed by atoms with Crippen molar-refractivity contribution < 1.29 is 9.21 Å². The molecule has 1 aliphatic carbocycles. The minimum atomic E-state index is 0.0230. The first kappa shape index (κ1) is 10.8. The average molecular weight is 291 g/mol. The zero-order valence-electron chi connectivity index (χ0n) is 9.15. The molecule has 0 atom stereocenters. The molecule has 0 radical (unpaired) electrons. The Kier molecular flexibility index (Phi) is 2.63. The van der Waals surface area contributed by atoms with Gasteiger partial charge in [-0.2, -0.15) is 0 Å². The van der Waals surface area contributed by atoms with Crippen molar-refractivity contribution in [3.63, 3.8) is 0 Å². The standard InChI is InChI=1S/C14H11BrO2/c15-12-5-6-17-14(12)13(16)11-7-9-3-1-2-4-10(9)8-11/h1-6,11H,7-8H2. The van der Waals surface area contributed by atoms with Gasteiger partial charge in [-0.1, -0.05) is 24.3 Å². The number of hydrogen-bond donors (Lipinski definition) is 0. The van der Waals surface area contributed by atoms with Gasteiger partial charge in [0.15, 0.2) is 5.76 Å². The van der Waals surface area contributed by atoms with Gasteiger partial charge in [-0.05, 0) is 46.0 Å². The number of rotatable bonds is 2. The molecule has 1 aromatic heterocycles. The molecule has 0 N–H and O–H groups in total. The van der Waals surface area contributed by atoms with Gasteiger partial charge in [-0.15, -0.1) is 0 Å². The second-order valence-corrected chi connectivity index (χ2v) is 5.19. The lowest BCUT2D eigenvalue weighted by Gasteiger charge is -2.05. The molecule has 3 heteroatoms. The molecule has 0 saturated heterocycles. The Labute approximate surface area is 108 Å². The van der Waals surface area contributed by atoms with Gasteiger partial charge in [0, 0.05) is 5.92 Å². The van der Waals surface area contributed by atoms with Crippen LogP contribution in [0.15, 0.2) is 45.5 Å². The van der Waals surface area contributed by atoms with Crippen molar-refractivity contribution in [3.05, 3.63) is 58.0 Å². The second-order valence-electron chi connectivity index (χ2n) is 4.34. The summed E-state index contributed by atoms with van der Waals surface area (Å²) in [6.07, 6.45) is 3.18. The van der Waals surface area contributed by atoms with E-state index < -0.39 is 0 Å². The third-order valence-electron chi connectivity index (χ3n) is 3.26. The molecule has 17 heavy (non-hydrogen) atoms. The highest BCUT2D eigenvalue weighted by Crippen LogP contribution is 2.31. The number of hydrogen-bond acceptors (Lipinski definition) is 2. The maximum atomic E-state index is 12.3. The van der Waals surface area contributed by atoms with E-state index in [4.69, 9.17) is 4.42 Å². The SMILES string of the molecule is O=C(c1occc1Br)C1Cc2ccccc2C1. The van der Waals surface area contributed by atoms with Crippen molar-refractivity contribution in [2.75, 3.05) is 0 Å². The summed E-state index contributed by atoms with van der Waals surface area (Å²) < 4.78 is 5.99. The molecule has 86 valence electrons. The van der Waals surface area contributed by atoms with E-state index in [1.165, 1.54) is 11.1 Å². The lowest BCUT2D eigenvalue weighted by atomic mass is 9.99. The van der Waals surface area contributed by atoms with E-state index in [9.17, 15) is 4.79 Å². The first-order valence-corrected chi connectivity index (χ1v) is 6.39. The Hall–Kier alpha value is -1.35. The predicted molar refractivity (Wildman–Crippen MR) is 68.1 cm³/mol. The Bertz CT molecular complexity index is 546. The van der Waals surface area contributed by atoms with Crippen LogP contribution in [0.4, 0.5) is 0 Å². The van der Waals surface area contributed by atoms with Crippen molar-refractivity contribution in [2.24, 2.45) is 5.92 Å². The van der Waals surface area contributed by atoms with Crippen LogP contribution < -0.4 is 0 Å². The van der Waals surface area contributed by atoms with Crippen molar-refractivity contribution in [1.29, 1.82) is 0 Å². The summed E-state index contributed by atoms with van der Waals surface area (Å²) in [7, 11) is 0. The zero-order chi connectivity index (χ0) is 11.8. The number of fused-ring (bicyclic) bond motifs is 1. The van der Waals surface area contributed by atoms with Gasteiger partial charge in [0.2, 0.25) is 5.78 Å². The number of carbonyl (C=O) groups excluding carboxylic acids is 1. The molecule has 2 aromatic rings. The Morgan fingerprint density at radius 3 is 2.35 bits per heavy atom. The minimum Gasteiger partial charge on any atom is -0.460 e. The molecule has 2 nitrogen and oxygen atoms in total. The van der Waals surface area contributed by atoms with Gasteiger partial charge in [-0.3, -0.25) is 4.79 Å². The number of benzene rings is 1. The molecular formula is C14H11BrO2. The first-order valence-electron chi connectivity index (χ1n) is 5.59. The van der Waals surface area contributed by atoms with Crippen LogP contribution >= 0.6 is 15.9 Å². The van der Waals surface area contributed by atoms with E-state index in [1.54, 1.807) is 12.3 Å². The smallest absolute Gasteiger partial charge is 0.202 e. The zero-order valence-corrected chi connectivity index (χ0v) is 10.7. The summed E-state index contributed by atoms with van der Waals surface area (Å²) in [5.74, 6) is 0.565. The third kappa shape index (κ3) is 1.84. The highest BCUT2D eigenvalue weighted by Gasteiger charge is 2.30. The number of Topliss-reactive ketones (excluding diaryl/α,β-unsaturated/α-hetero) is 1. The fourth-order valence-electron chi connectivity index (χ4n) is 2.40. The summed E-state index contributed by atoms with van der Waals surface area (Å²) >= 11 is 3.33. The quantitative estimate of drug-likeness (QED) is 0.791. The Morgan fingerprint density at radius 1 is 1.18 bits per heavy atom. The van der Waals surface area contributed by atoms with Crippen LogP contribution in [0, 0.1) is 5.92 Å². The monoisotopic (exact) mass is 290 g/mol. The molecule has 0 fully saturated rings. The molecule has 0 amide bonds. The number of furan rings is 1. The second kappa shape index (κ2) is 4.15. The van der Waals surface area contributed by atoms with Gasteiger partial charge >= 0.3 is 0 Å². The highest BCUT2D eigenvalue weighted by atomic mass is 79.9. The lowest BCUT2D eigenvalue weighted by Crippen LogP contribution is -2.14. The fraction of sp³-hybridized carbons (Fsp3) is 0.214. The van der Waals surface area contributed by atoms with Crippen LogP contribution in [0.1, 0.15) is 21.7 Å². The van der Waals surface area contributed by atoms with E-state index in [0.29, 0.717) is 5.76 Å². The van der Waals surface area contributed by atoms with Crippen LogP contribution in [0.5, 0.6) is 0 Å². The molecule has 0 saturated carbocycles. The molecular weight excluding hydrogens is 280 g/mol. The molecule has 1 aliphatic rings. The maximum absolute atomic E-state index is 12.3. The molecule has 0 aliphatic heterocycles. The van der Waals surface area contributed by atoms with Crippen molar-refractivity contribution in [3.8, 4) is 0 Å². The van der Waals surface area contributed by atoms with Gasteiger partial charge in [0.05, 0.1) is 10.7 Å². The van der Waals surface area contributed by atoms with Crippen LogP contribution in [-0.4, -0.2) is 5.78 Å². The number of carbonyl (C=O) groups is 1. The van der Waals surface area contributed by atoms with E-state index in [1.807, 2.05) is 12.1 Å². The van der Waals surface area contributed by atoms with E-state index >= 15 is 0 Å². The molecule has 3 rings (SSSR count). The van der Waals surface area contributed by atoms with E-state index in [-0.39, 0.29) is 11.7 Å². The predicted octanol–water partition coefficient (Wildman–Crippen LogP) is 3.64. The first-order chi connectivity index (χ1) is 8.25. The van der Waals surface area contributed by atoms with Crippen LogP contribution in [0.3, 0.4) is 0 Å². The normalized spacial score (nSPS) is 14.9. The van der Waals surface area contributed by atoms with Gasteiger partial charge in [-0.25, -0.2) is 0 Å². The van der Waals surface area contributed by atoms with Crippen molar-refractivity contribution in [2.45, 2.75) is 12.8 Å². The molecule has 0 bridgehead atoms. The van der Waals surface area contributed by atoms with E-state index in [2.05, 4.69) is 28.1 Å². The summed E-state index contributed by atoms with van der Waals surface area (Å²) in [5.41, 5.74) is 2.57. The third-order valence-corrected chi connectivity index (χ3v) is 3.89. The topological polar surface area (TPSA) is 30.2 Å². The summed E-state index contributed by atoms with van der Waals surface area (Å²) in [5, 5.41) is 0. The molecule has 1 aromatic carbocycles.